The Morgan fingerprint density at radius 2 is 2.21 bits per heavy atom. The number of nitrogens with zero attached hydrogens (tertiary/aromatic N) is 3. The second-order valence-corrected chi connectivity index (χ2v) is 5.50. The Bertz CT molecular complexity index is 408. The molecule has 106 valence electrons. The number of anilines is 1. The molecule has 19 heavy (non-hydrogen) atoms. The smallest absolute Gasteiger partial charge is 0.135 e. The molecule has 4 heteroatoms. The minimum absolute atomic E-state index is 0.776. The quantitative estimate of drug-likeness (QED) is 0.766. The van der Waals surface area contributed by atoms with E-state index in [1.165, 1.54) is 24.8 Å². The summed E-state index contributed by atoms with van der Waals surface area (Å²) in [7, 11) is 1.78. The van der Waals surface area contributed by atoms with E-state index in [1.807, 2.05) is 0 Å². The maximum Gasteiger partial charge on any atom is 0.135 e. The topological polar surface area (TPSA) is 38.2 Å². The van der Waals surface area contributed by atoms with Crippen LogP contribution in [0, 0.1) is 19.8 Å². The Kier molecular flexibility index (Phi) is 5.14. The molecular weight excluding hydrogens is 238 g/mol. The highest BCUT2D eigenvalue weighted by Gasteiger charge is 2.22. The van der Waals surface area contributed by atoms with Gasteiger partial charge in [0.05, 0.1) is 0 Å². The van der Waals surface area contributed by atoms with Crippen LogP contribution in [0.3, 0.4) is 0 Å². The van der Waals surface area contributed by atoms with Crippen molar-refractivity contribution >= 4 is 5.82 Å². The van der Waals surface area contributed by atoms with Gasteiger partial charge in [-0.2, -0.15) is 0 Å². The number of aryl methyl sites for hydroxylation is 1. The molecule has 4 nitrogen and oxygen atoms in total. The van der Waals surface area contributed by atoms with Gasteiger partial charge >= 0.3 is 0 Å². The number of rotatable bonds is 5. The molecule has 1 saturated heterocycles. The highest BCUT2D eigenvalue weighted by atomic mass is 16.5. The summed E-state index contributed by atoms with van der Waals surface area (Å²) in [6.07, 6.45) is 6.71. The minimum Gasteiger partial charge on any atom is -0.385 e. The standard InChI is InChI=1S/C15H25N3O/c1-12-13(2)16-11-17-15(12)18-8-4-6-14(10-18)7-5-9-19-3/h11,14H,4-10H2,1-3H3/t14-/m1/s1. The van der Waals surface area contributed by atoms with E-state index in [0.29, 0.717) is 0 Å². The molecule has 1 aliphatic rings. The van der Waals surface area contributed by atoms with Gasteiger partial charge in [0.1, 0.15) is 12.1 Å². The van der Waals surface area contributed by atoms with Gasteiger partial charge in [0.25, 0.3) is 0 Å². The van der Waals surface area contributed by atoms with Crippen LogP contribution in [-0.2, 0) is 4.74 Å². The van der Waals surface area contributed by atoms with E-state index >= 15 is 0 Å². The maximum absolute atomic E-state index is 5.14. The van der Waals surface area contributed by atoms with Gasteiger partial charge in [-0.1, -0.05) is 0 Å². The van der Waals surface area contributed by atoms with Gasteiger partial charge in [0, 0.05) is 38.1 Å². The van der Waals surface area contributed by atoms with E-state index in [4.69, 9.17) is 4.74 Å². The number of piperidine rings is 1. The molecule has 2 heterocycles. The Morgan fingerprint density at radius 1 is 1.37 bits per heavy atom. The van der Waals surface area contributed by atoms with Crippen LogP contribution in [0.2, 0.25) is 0 Å². The Labute approximate surface area is 116 Å². The van der Waals surface area contributed by atoms with E-state index in [1.54, 1.807) is 13.4 Å². The second-order valence-electron chi connectivity index (χ2n) is 5.50. The van der Waals surface area contributed by atoms with E-state index in [9.17, 15) is 0 Å². The normalized spacial score (nSPS) is 19.7. The van der Waals surface area contributed by atoms with Crippen LogP contribution in [0.5, 0.6) is 0 Å². The largest absolute Gasteiger partial charge is 0.385 e. The monoisotopic (exact) mass is 263 g/mol. The van der Waals surface area contributed by atoms with Gasteiger partial charge in [0.2, 0.25) is 0 Å². The fourth-order valence-electron chi connectivity index (χ4n) is 2.85. The zero-order valence-corrected chi connectivity index (χ0v) is 12.4. The third kappa shape index (κ3) is 3.66. The summed E-state index contributed by atoms with van der Waals surface area (Å²) in [4.78, 5) is 11.2. The third-order valence-corrected chi connectivity index (χ3v) is 4.09. The molecule has 0 unspecified atom stereocenters. The summed E-state index contributed by atoms with van der Waals surface area (Å²) in [6.45, 7) is 7.31. The van der Waals surface area contributed by atoms with Crippen LogP contribution >= 0.6 is 0 Å². The minimum atomic E-state index is 0.776. The van der Waals surface area contributed by atoms with E-state index in [2.05, 4.69) is 28.7 Å². The molecule has 0 aromatic carbocycles. The molecule has 0 saturated carbocycles. The summed E-state index contributed by atoms with van der Waals surface area (Å²) in [5, 5.41) is 0. The van der Waals surface area contributed by atoms with Crippen molar-refractivity contribution in [3.8, 4) is 0 Å². The maximum atomic E-state index is 5.14. The Balaban J connectivity index is 1.98. The first-order chi connectivity index (χ1) is 9.22. The molecule has 1 aromatic heterocycles. The van der Waals surface area contributed by atoms with Crippen molar-refractivity contribution < 1.29 is 4.74 Å². The number of aromatic nitrogens is 2. The molecule has 2 rings (SSSR count). The summed E-state index contributed by atoms with van der Waals surface area (Å²) in [5.74, 6) is 1.91. The first-order valence-electron chi connectivity index (χ1n) is 7.24. The Morgan fingerprint density at radius 3 is 3.00 bits per heavy atom. The third-order valence-electron chi connectivity index (χ3n) is 4.09. The van der Waals surface area contributed by atoms with E-state index in [0.717, 1.165) is 43.5 Å². The summed E-state index contributed by atoms with van der Waals surface area (Å²) < 4.78 is 5.14. The molecule has 0 N–H and O–H groups in total. The second kappa shape index (κ2) is 6.85. The van der Waals surface area contributed by atoms with Gasteiger partial charge < -0.3 is 9.64 Å². The number of ether oxygens (including phenoxy) is 1. The van der Waals surface area contributed by atoms with E-state index in [-0.39, 0.29) is 0 Å². The lowest BCUT2D eigenvalue weighted by Crippen LogP contribution is -2.36. The van der Waals surface area contributed by atoms with Gasteiger partial charge in [-0.25, -0.2) is 9.97 Å². The first kappa shape index (κ1) is 14.3. The van der Waals surface area contributed by atoms with Crippen molar-refractivity contribution in [2.75, 3.05) is 31.7 Å². The lowest BCUT2D eigenvalue weighted by atomic mass is 9.93. The highest BCUT2D eigenvalue weighted by Crippen LogP contribution is 2.27. The molecule has 1 aromatic rings. The number of hydrogen-bond donors (Lipinski definition) is 0. The van der Waals surface area contributed by atoms with Crippen LogP contribution in [0.25, 0.3) is 0 Å². The van der Waals surface area contributed by atoms with Crippen molar-refractivity contribution in [1.82, 2.24) is 9.97 Å². The predicted octanol–water partition coefficient (Wildman–Crippen LogP) is 2.74. The van der Waals surface area contributed by atoms with Crippen LogP contribution in [0.15, 0.2) is 6.33 Å². The van der Waals surface area contributed by atoms with Crippen LogP contribution in [0.4, 0.5) is 5.82 Å². The SMILES string of the molecule is COCCC[C@H]1CCCN(c2ncnc(C)c2C)C1. The fourth-order valence-corrected chi connectivity index (χ4v) is 2.85. The molecule has 1 aliphatic heterocycles. The van der Waals surface area contributed by atoms with Crippen molar-refractivity contribution in [3.63, 3.8) is 0 Å². The van der Waals surface area contributed by atoms with Gasteiger partial charge in [-0.05, 0) is 45.4 Å². The molecular formula is C15H25N3O. The molecule has 1 fully saturated rings. The van der Waals surface area contributed by atoms with Crippen LogP contribution in [-0.4, -0.2) is 36.8 Å². The van der Waals surface area contributed by atoms with Crippen LogP contribution in [0.1, 0.15) is 36.9 Å². The Hall–Kier alpha value is -1.16. The fraction of sp³-hybridized carbons (Fsp3) is 0.733. The summed E-state index contributed by atoms with van der Waals surface area (Å²) in [6, 6.07) is 0. The summed E-state index contributed by atoms with van der Waals surface area (Å²) in [5.41, 5.74) is 2.31. The molecule has 0 bridgehead atoms. The highest BCUT2D eigenvalue weighted by molar-refractivity contribution is 5.47. The molecule has 0 radical (unpaired) electrons. The first-order valence-corrected chi connectivity index (χ1v) is 7.24. The predicted molar refractivity (Wildman–Crippen MR) is 77.6 cm³/mol. The molecule has 0 aliphatic carbocycles. The molecule has 0 amide bonds. The van der Waals surface area contributed by atoms with Crippen molar-refractivity contribution in [3.05, 3.63) is 17.6 Å². The number of hydrogen-bond acceptors (Lipinski definition) is 4. The number of methoxy groups -OCH3 is 1. The van der Waals surface area contributed by atoms with Crippen molar-refractivity contribution in [1.29, 1.82) is 0 Å². The van der Waals surface area contributed by atoms with Gasteiger partial charge in [0.15, 0.2) is 0 Å². The lowest BCUT2D eigenvalue weighted by Gasteiger charge is -2.34. The van der Waals surface area contributed by atoms with Crippen LogP contribution < -0.4 is 4.90 Å². The van der Waals surface area contributed by atoms with Crippen molar-refractivity contribution in [2.24, 2.45) is 5.92 Å². The van der Waals surface area contributed by atoms with E-state index < -0.39 is 0 Å². The zero-order chi connectivity index (χ0) is 13.7. The van der Waals surface area contributed by atoms with Crippen molar-refractivity contribution in [2.45, 2.75) is 39.5 Å². The van der Waals surface area contributed by atoms with Gasteiger partial charge in [-0.3, -0.25) is 0 Å². The molecule has 0 spiro atoms. The lowest BCUT2D eigenvalue weighted by molar-refractivity contribution is 0.184. The summed E-state index contributed by atoms with van der Waals surface area (Å²) >= 11 is 0. The average molecular weight is 263 g/mol. The zero-order valence-electron chi connectivity index (χ0n) is 12.4. The molecule has 1 atom stereocenters. The van der Waals surface area contributed by atoms with Gasteiger partial charge in [-0.15, -0.1) is 0 Å². The average Bonchev–Trinajstić information content (AvgIpc) is 2.43.